The van der Waals surface area contributed by atoms with Crippen molar-refractivity contribution in [2.45, 2.75) is 43.6 Å². The molecule has 0 aliphatic heterocycles. The summed E-state index contributed by atoms with van der Waals surface area (Å²) >= 11 is 0. The Hall–Kier alpha value is -2.79. The van der Waals surface area contributed by atoms with Crippen LogP contribution in [-0.4, -0.2) is 72.0 Å². The van der Waals surface area contributed by atoms with Crippen LogP contribution in [0.3, 0.4) is 0 Å². The number of fused-ring (bicyclic) bond motifs is 1. The van der Waals surface area contributed by atoms with Gasteiger partial charge in [0.15, 0.2) is 11.5 Å². The van der Waals surface area contributed by atoms with Crippen LogP contribution < -0.4 is 10.6 Å². The molecule has 1 fully saturated rings. The molecule has 3 rings (SSSR count). The molecule has 11 nitrogen and oxygen atoms in total. The smallest absolute Gasteiger partial charge is 0.303 e. The summed E-state index contributed by atoms with van der Waals surface area (Å²) in [6, 6.07) is -1.24. The van der Waals surface area contributed by atoms with E-state index in [2.05, 4.69) is 25.6 Å². The van der Waals surface area contributed by atoms with Crippen molar-refractivity contribution < 1.29 is 24.9 Å². The highest BCUT2D eigenvalue weighted by atomic mass is 16.4. The van der Waals surface area contributed by atoms with Crippen molar-refractivity contribution in [1.29, 1.82) is 0 Å². The highest BCUT2D eigenvalue weighted by molar-refractivity contribution is 5.83. The molecule has 5 N–H and O–H groups in total. The third-order valence-corrected chi connectivity index (χ3v) is 4.52. The van der Waals surface area contributed by atoms with Gasteiger partial charge in [0.05, 0.1) is 24.8 Å². The molecule has 1 aliphatic carbocycles. The first-order chi connectivity index (χ1) is 12.4. The standard InChI is InChI=1S/C15H20N6O5/c1-16-14-11-15(18-5-17-14)21(6-19-11)8-4-7(12(25)13(8)26)20-9(22)2-3-10(23)24/h5-8,12-13,25-26H,2-4H2,1H3,(H,20,22)(H,23,24)(H,16,17,18)/t7-,8+,12+,13-/m1/s1. The lowest BCUT2D eigenvalue weighted by molar-refractivity contribution is -0.139. The number of anilines is 1. The van der Waals surface area contributed by atoms with E-state index in [1.807, 2.05) is 0 Å². The number of carboxylic acid groups (broad SMARTS) is 1. The number of amides is 1. The first-order valence-corrected chi connectivity index (χ1v) is 8.15. The van der Waals surface area contributed by atoms with E-state index in [-0.39, 0.29) is 19.3 Å². The molecule has 2 aromatic rings. The van der Waals surface area contributed by atoms with Gasteiger partial charge in [-0.25, -0.2) is 15.0 Å². The van der Waals surface area contributed by atoms with Gasteiger partial charge in [-0.05, 0) is 6.42 Å². The summed E-state index contributed by atoms with van der Waals surface area (Å²) in [5.41, 5.74) is 1.03. The minimum Gasteiger partial charge on any atom is -0.481 e. The van der Waals surface area contributed by atoms with E-state index in [0.29, 0.717) is 17.0 Å². The molecule has 2 heterocycles. The zero-order valence-electron chi connectivity index (χ0n) is 14.0. The molecule has 1 saturated carbocycles. The zero-order chi connectivity index (χ0) is 18.8. The first-order valence-electron chi connectivity index (χ1n) is 8.15. The lowest BCUT2D eigenvalue weighted by Gasteiger charge is -2.18. The van der Waals surface area contributed by atoms with Gasteiger partial charge in [-0.1, -0.05) is 0 Å². The topological polar surface area (TPSA) is 162 Å². The number of aliphatic carboxylic acids is 1. The molecule has 0 radical (unpaired) electrons. The van der Waals surface area contributed by atoms with Crippen LogP contribution in [0.1, 0.15) is 25.3 Å². The Morgan fingerprint density at radius 3 is 2.69 bits per heavy atom. The minimum atomic E-state index is -1.18. The van der Waals surface area contributed by atoms with Gasteiger partial charge in [0.2, 0.25) is 5.91 Å². The Kier molecular flexibility index (Phi) is 5.00. The summed E-state index contributed by atoms with van der Waals surface area (Å²) in [5.74, 6) is -1.02. The summed E-state index contributed by atoms with van der Waals surface area (Å²) in [4.78, 5) is 34.9. The van der Waals surface area contributed by atoms with Crippen LogP contribution in [0, 0.1) is 0 Å². The molecular weight excluding hydrogens is 344 g/mol. The summed E-state index contributed by atoms with van der Waals surface area (Å²) in [6.07, 6.45) is 0.334. The van der Waals surface area contributed by atoms with Crippen molar-refractivity contribution in [2.24, 2.45) is 0 Å². The maximum atomic E-state index is 11.8. The molecule has 0 unspecified atom stereocenters. The van der Waals surface area contributed by atoms with Crippen molar-refractivity contribution in [3.05, 3.63) is 12.7 Å². The fourth-order valence-corrected chi connectivity index (χ4v) is 3.20. The number of carbonyl (C=O) groups excluding carboxylic acids is 1. The molecule has 0 saturated heterocycles. The van der Waals surface area contributed by atoms with Crippen molar-refractivity contribution in [3.63, 3.8) is 0 Å². The van der Waals surface area contributed by atoms with Gasteiger partial charge in [0.25, 0.3) is 0 Å². The summed E-state index contributed by atoms with van der Waals surface area (Å²) in [5, 5.41) is 34.8. The van der Waals surface area contributed by atoms with Gasteiger partial charge < -0.3 is 30.5 Å². The molecule has 140 valence electrons. The second-order valence-electron chi connectivity index (χ2n) is 6.15. The summed E-state index contributed by atoms with van der Waals surface area (Å²) in [6.45, 7) is 0. The highest BCUT2D eigenvalue weighted by Gasteiger charge is 2.43. The SMILES string of the molecule is CNc1ncnc2c1ncn2[C@H]1C[C@@H](NC(=O)CCC(=O)O)[C@H](O)[C@@H]1O. The fourth-order valence-electron chi connectivity index (χ4n) is 3.20. The van der Waals surface area contributed by atoms with E-state index < -0.39 is 36.2 Å². The van der Waals surface area contributed by atoms with Gasteiger partial charge in [-0.15, -0.1) is 0 Å². The van der Waals surface area contributed by atoms with Crippen molar-refractivity contribution in [3.8, 4) is 0 Å². The molecule has 0 spiro atoms. The maximum Gasteiger partial charge on any atom is 0.303 e. The van der Waals surface area contributed by atoms with Crippen molar-refractivity contribution >= 4 is 28.9 Å². The van der Waals surface area contributed by atoms with E-state index in [9.17, 15) is 19.8 Å². The van der Waals surface area contributed by atoms with Gasteiger partial charge >= 0.3 is 5.97 Å². The average molecular weight is 364 g/mol. The Morgan fingerprint density at radius 2 is 2.00 bits per heavy atom. The molecule has 2 aromatic heterocycles. The fraction of sp³-hybridized carbons (Fsp3) is 0.533. The van der Waals surface area contributed by atoms with Crippen LogP contribution in [0.15, 0.2) is 12.7 Å². The van der Waals surface area contributed by atoms with Crippen LogP contribution in [0.2, 0.25) is 0 Å². The summed E-state index contributed by atoms with van der Waals surface area (Å²) in [7, 11) is 1.71. The number of hydrogen-bond acceptors (Lipinski definition) is 8. The van der Waals surface area contributed by atoms with Crippen LogP contribution in [-0.2, 0) is 9.59 Å². The number of carboxylic acids is 1. The number of aliphatic hydroxyl groups is 2. The number of imidazole rings is 1. The third kappa shape index (κ3) is 3.30. The number of aliphatic hydroxyl groups excluding tert-OH is 2. The van der Waals surface area contributed by atoms with Crippen molar-refractivity contribution in [2.75, 3.05) is 12.4 Å². The van der Waals surface area contributed by atoms with E-state index >= 15 is 0 Å². The number of hydrogen-bond donors (Lipinski definition) is 5. The normalized spacial score (nSPS) is 25.3. The largest absolute Gasteiger partial charge is 0.481 e. The molecule has 1 amide bonds. The second-order valence-corrected chi connectivity index (χ2v) is 6.15. The van der Waals surface area contributed by atoms with Gasteiger partial charge in [0, 0.05) is 13.5 Å². The third-order valence-electron chi connectivity index (χ3n) is 4.52. The van der Waals surface area contributed by atoms with E-state index in [1.165, 1.54) is 12.7 Å². The van der Waals surface area contributed by atoms with E-state index in [1.54, 1.807) is 11.6 Å². The Bertz CT molecular complexity index is 824. The second kappa shape index (κ2) is 7.22. The lowest BCUT2D eigenvalue weighted by atomic mass is 10.2. The Balaban J connectivity index is 1.78. The molecule has 11 heteroatoms. The Morgan fingerprint density at radius 1 is 1.23 bits per heavy atom. The van der Waals surface area contributed by atoms with Crippen LogP contribution >= 0.6 is 0 Å². The van der Waals surface area contributed by atoms with Gasteiger partial charge in [0.1, 0.15) is 24.1 Å². The lowest BCUT2D eigenvalue weighted by Crippen LogP contribution is -2.43. The first kappa shape index (κ1) is 18.0. The van der Waals surface area contributed by atoms with Crippen molar-refractivity contribution in [1.82, 2.24) is 24.8 Å². The van der Waals surface area contributed by atoms with Crippen LogP contribution in [0.25, 0.3) is 11.2 Å². The van der Waals surface area contributed by atoms with E-state index in [4.69, 9.17) is 5.11 Å². The number of nitrogens with zero attached hydrogens (tertiary/aromatic N) is 4. The summed E-state index contributed by atoms with van der Waals surface area (Å²) < 4.78 is 1.65. The number of nitrogens with one attached hydrogen (secondary N) is 2. The van der Waals surface area contributed by atoms with Crippen LogP contribution in [0.5, 0.6) is 0 Å². The molecule has 26 heavy (non-hydrogen) atoms. The number of aromatic nitrogens is 4. The molecular formula is C15H20N6O5. The number of rotatable bonds is 6. The maximum absolute atomic E-state index is 11.8. The minimum absolute atomic E-state index is 0.188. The Labute approximate surface area is 148 Å². The highest BCUT2D eigenvalue weighted by Crippen LogP contribution is 2.33. The van der Waals surface area contributed by atoms with Gasteiger partial charge in [-0.3, -0.25) is 9.59 Å². The van der Waals surface area contributed by atoms with E-state index in [0.717, 1.165) is 0 Å². The molecule has 0 bridgehead atoms. The zero-order valence-corrected chi connectivity index (χ0v) is 14.0. The average Bonchev–Trinajstić information content (AvgIpc) is 3.16. The predicted molar refractivity (Wildman–Crippen MR) is 89.3 cm³/mol. The molecule has 0 aromatic carbocycles. The predicted octanol–water partition coefficient (Wildman–Crippen LogP) is -1.12. The quantitative estimate of drug-likeness (QED) is 0.427. The van der Waals surface area contributed by atoms with Crippen LogP contribution in [0.4, 0.5) is 5.82 Å². The monoisotopic (exact) mass is 364 g/mol. The molecule has 4 atom stereocenters. The molecule has 1 aliphatic rings. The number of carbonyl (C=O) groups is 2. The van der Waals surface area contributed by atoms with Gasteiger partial charge in [-0.2, -0.15) is 0 Å².